The zero-order valence-electron chi connectivity index (χ0n) is 15.2. The fraction of sp³-hybridized carbons (Fsp3) is 0.333. The van der Waals surface area contributed by atoms with Gasteiger partial charge in [-0.1, -0.05) is 75.4 Å². The van der Waals surface area contributed by atoms with Gasteiger partial charge in [0.15, 0.2) is 0 Å². The van der Waals surface area contributed by atoms with Crippen molar-refractivity contribution in [1.29, 1.82) is 0 Å². The largest absolute Gasteiger partial charge is 0.325 e. The van der Waals surface area contributed by atoms with Crippen molar-refractivity contribution < 1.29 is 9.59 Å². The summed E-state index contributed by atoms with van der Waals surface area (Å²) in [5.41, 5.74) is 2.02. The van der Waals surface area contributed by atoms with Crippen LogP contribution in [0.15, 0.2) is 54.6 Å². The summed E-state index contributed by atoms with van der Waals surface area (Å²) in [7, 11) is 0. The van der Waals surface area contributed by atoms with Crippen LogP contribution >= 0.6 is 0 Å². The van der Waals surface area contributed by atoms with Gasteiger partial charge in [-0.25, -0.2) is 4.79 Å². The first-order chi connectivity index (χ1) is 11.7. The van der Waals surface area contributed by atoms with Crippen molar-refractivity contribution in [3.63, 3.8) is 0 Å². The molecule has 1 aliphatic heterocycles. The summed E-state index contributed by atoms with van der Waals surface area (Å²) in [4.78, 5) is 26.6. The second-order valence-corrected chi connectivity index (χ2v) is 7.76. The van der Waals surface area contributed by atoms with E-state index in [-0.39, 0.29) is 23.9 Å². The molecule has 3 rings (SSSR count). The summed E-state index contributed by atoms with van der Waals surface area (Å²) < 4.78 is 0. The highest BCUT2D eigenvalue weighted by molar-refractivity contribution is 6.07. The number of urea groups is 1. The van der Waals surface area contributed by atoms with Crippen molar-refractivity contribution in [2.24, 2.45) is 0 Å². The average Bonchev–Trinajstić information content (AvgIpc) is 2.80. The molecule has 0 bridgehead atoms. The molecule has 0 aliphatic carbocycles. The van der Waals surface area contributed by atoms with Crippen LogP contribution in [-0.2, 0) is 22.3 Å². The van der Waals surface area contributed by atoms with E-state index in [0.29, 0.717) is 0 Å². The Morgan fingerprint density at radius 1 is 0.960 bits per heavy atom. The van der Waals surface area contributed by atoms with Gasteiger partial charge in [-0.05, 0) is 29.0 Å². The number of nitrogens with one attached hydrogen (secondary N) is 1. The molecule has 1 atom stereocenters. The molecule has 1 fully saturated rings. The molecule has 0 saturated carbocycles. The molecule has 4 nitrogen and oxygen atoms in total. The number of carbonyl (C=O) groups is 2. The van der Waals surface area contributed by atoms with Crippen molar-refractivity contribution in [3.8, 4) is 0 Å². The maximum atomic E-state index is 12.9. The second kappa shape index (κ2) is 6.03. The van der Waals surface area contributed by atoms with Crippen molar-refractivity contribution in [3.05, 3.63) is 71.3 Å². The molecule has 130 valence electrons. The van der Waals surface area contributed by atoms with Crippen molar-refractivity contribution in [1.82, 2.24) is 10.2 Å². The van der Waals surface area contributed by atoms with Crippen LogP contribution in [0.3, 0.4) is 0 Å². The Kier molecular flexibility index (Phi) is 4.15. The van der Waals surface area contributed by atoms with Crippen LogP contribution in [0.2, 0.25) is 0 Å². The quantitative estimate of drug-likeness (QED) is 0.863. The molecule has 1 N–H and O–H groups in total. The molecule has 1 heterocycles. The van der Waals surface area contributed by atoms with Crippen molar-refractivity contribution in [2.75, 3.05) is 0 Å². The highest BCUT2D eigenvalue weighted by atomic mass is 16.2. The van der Waals surface area contributed by atoms with Crippen LogP contribution in [0.25, 0.3) is 0 Å². The van der Waals surface area contributed by atoms with Gasteiger partial charge in [0.05, 0.1) is 6.54 Å². The number of amides is 3. The zero-order chi connectivity index (χ0) is 18.2. The van der Waals surface area contributed by atoms with E-state index < -0.39 is 5.54 Å². The van der Waals surface area contributed by atoms with E-state index in [9.17, 15) is 9.59 Å². The van der Waals surface area contributed by atoms with Crippen molar-refractivity contribution in [2.45, 2.75) is 45.2 Å². The van der Waals surface area contributed by atoms with Crippen LogP contribution in [0.1, 0.15) is 44.4 Å². The maximum Gasteiger partial charge on any atom is 0.325 e. The minimum Gasteiger partial charge on any atom is -0.319 e. The molecule has 0 spiro atoms. The number of hydrogen-bond acceptors (Lipinski definition) is 2. The lowest BCUT2D eigenvalue weighted by atomic mass is 9.86. The third kappa shape index (κ3) is 3.16. The molecular weight excluding hydrogens is 312 g/mol. The fourth-order valence-corrected chi connectivity index (χ4v) is 3.10. The number of hydrogen-bond donors (Lipinski definition) is 1. The van der Waals surface area contributed by atoms with Gasteiger partial charge in [0.1, 0.15) is 5.54 Å². The van der Waals surface area contributed by atoms with Gasteiger partial charge in [-0.15, -0.1) is 0 Å². The van der Waals surface area contributed by atoms with E-state index in [1.165, 1.54) is 10.5 Å². The van der Waals surface area contributed by atoms with E-state index in [0.717, 1.165) is 11.1 Å². The Labute approximate surface area is 148 Å². The first-order valence-corrected chi connectivity index (χ1v) is 8.51. The van der Waals surface area contributed by atoms with Gasteiger partial charge in [-0.2, -0.15) is 0 Å². The standard InChI is InChI=1S/C21H24N2O2/c1-20(2,3)16-12-10-15(11-13-16)14-23-18(24)21(4,22-19(23)25)17-8-6-5-7-9-17/h5-13H,14H2,1-4H3,(H,22,25)/t21-/m1/s1. The summed E-state index contributed by atoms with van der Waals surface area (Å²) in [6.07, 6.45) is 0. The molecular formula is C21H24N2O2. The van der Waals surface area contributed by atoms with Crippen LogP contribution in [0.5, 0.6) is 0 Å². The minimum absolute atomic E-state index is 0.0747. The van der Waals surface area contributed by atoms with E-state index in [1.807, 2.05) is 42.5 Å². The number of imide groups is 1. The highest BCUT2D eigenvalue weighted by Crippen LogP contribution is 2.30. The third-order valence-electron chi connectivity index (χ3n) is 4.79. The number of benzene rings is 2. The predicted molar refractivity (Wildman–Crippen MR) is 98.0 cm³/mol. The second-order valence-electron chi connectivity index (χ2n) is 7.76. The number of nitrogens with zero attached hydrogens (tertiary/aromatic N) is 1. The van der Waals surface area contributed by atoms with Gasteiger partial charge < -0.3 is 5.32 Å². The normalized spacial score (nSPS) is 20.7. The molecule has 1 saturated heterocycles. The van der Waals surface area contributed by atoms with E-state index in [4.69, 9.17) is 0 Å². The lowest BCUT2D eigenvalue weighted by Gasteiger charge is -2.22. The molecule has 25 heavy (non-hydrogen) atoms. The maximum absolute atomic E-state index is 12.9. The van der Waals surface area contributed by atoms with Crippen LogP contribution in [0, 0.1) is 0 Å². The zero-order valence-corrected chi connectivity index (χ0v) is 15.2. The summed E-state index contributed by atoms with van der Waals surface area (Å²) >= 11 is 0. The Morgan fingerprint density at radius 3 is 2.12 bits per heavy atom. The molecule has 0 aromatic heterocycles. The van der Waals surface area contributed by atoms with Gasteiger partial charge in [0.2, 0.25) is 0 Å². The van der Waals surface area contributed by atoms with E-state index in [2.05, 4.69) is 38.2 Å². The fourth-order valence-electron chi connectivity index (χ4n) is 3.10. The predicted octanol–water partition coefficient (Wildman–Crippen LogP) is 3.95. The molecule has 2 aromatic rings. The number of carbonyl (C=O) groups excluding carboxylic acids is 2. The summed E-state index contributed by atoms with van der Waals surface area (Å²) in [5, 5.41) is 2.84. The highest BCUT2D eigenvalue weighted by Gasteiger charge is 2.48. The van der Waals surface area contributed by atoms with Crippen LogP contribution in [0.4, 0.5) is 4.79 Å². The van der Waals surface area contributed by atoms with Crippen LogP contribution in [-0.4, -0.2) is 16.8 Å². The van der Waals surface area contributed by atoms with Gasteiger partial charge in [0, 0.05) is 0 Å². The Morgan fingerprint density at radius 2 is 1.56 bits per heavy atom. The SMILES string of the molecule is CC(C)(C)c1ccc(CN2C(=O)N[C@](C)(c3ccccc3)C2=O)cc1. The van der Waals surface area contributed by atoms with Gasteiger partial charge in [0.25, 0.3) is 5.91 Å². The molecule has 3 amide bonds. The Balaban J connectivity index is 1.82. The smallest absolute Gasteiger partial charge is 0.319 e. The lowest BCUT2D eigenvalue weighted by molar-refractivity contribution is -0.131. The molecule has 2 aromatic carbocycles. The summed E-state index contributed by atoms with van der Waals surface area (Å²) in [6.45, 7) is 8.50. The molecule has 0 radical (unpaired) electrons. The third-order valence-corrected chi connectivity index (χ3v) is 4.79. The first-order valence-electron chi connectivity index (χ1n) is 8.51. The topological polar surface area (TPSA) is 49.4 Å². The van der Waals surface area contributed by atoms with Crippen molar-refractivity contribution >= 4 is 11.9 Å². The average molecular weight is 336 g/mol. The Hall–Kier alpha value is -2.62. The first kappa shape index (κ1) is 17.2. The molecule has 0 unspecified atom stereocenters. The Bertz CT molecular complexity index is 791. The van der Waals surface area contributed by atoms with Crippen LogP contribution < -0.4 is 5.32 Å². The van der Waals surface area contributed by atoms with Gasteiger partial charge in [-0.3, -0.25) is 9.69 Å². The monoisotopic (exact) mass is 336 g/mol. The lowest BCUT2D eigenvalue weighted by Crippen LogP contribution is -2.40. The summed E-state index contributed by atoms with van der Waals surface area (Å²) in [6, 6.07) is 17.1. The molecule has 4 heteroatoms. The van der Waals surface area contributed by atoms with Gasteiger partial charge >= 0.3 is 6.03 Å². The van der Waals surface area contributed by atoms with E-state index in [1.54, 1.807) is 6.92 Å². The molecule has 1 aliphatic rings. The summed E-state index contributed by atoms with van der Waals surface area (Å²) in [5.74, 6) is -0.219. The minimum atomic E-state index is -1.01. The number of rotatable bonds is 3. The van der Waals surface area contributed by atoms with E-state index >= 15 is 0 Å².